The second-order valence-corrected chi connectivity index (χ2v) is 5.19. The van der Waals surface area contributed by atoms with Gasteiger partial charge in [-0.25, -0.2) is 0 Å². The molecule has 21 heavy (non-hydrogen) atoms. The second kappa shape index (κ2) is 5.95. The molecule has 0 radical (unpaired) electrons. The standard InChI is InChI=1S/C17H20N2O2/c1-5-13-7-6-8-14(9-13)19-17(21)15-10(2)16(12(4)20)18-11(15)3/h6-9,18H,5H2,1-4H3,(H,19,21). The maximum absolute atomic E-state index is 12.4. The molecule has 2 N–H and O–H groups in total. The maximum atomic E-state index is 12.4. The molecule has 4 heteroatoms. The number of aromatic amines is 1. The van der Waals surface area contributed by atoms with E-state index in [9.17, 15) is 9.59 Å². The first kappa shape index (κ1) is 15.0. The topological polar surface area (TPSA) is 62.0 Å². The third kappa shape index (κ3) is 3.05. The van der Waals surface area contributed by atoms with Gasteiger partial charge in [-0.05, 0) is 43.5 Å². The number of ketones is 1. The lowest BCUT2D eigenvalue weighted by Gasteiger charge is -2.07. The lowest BCUT2D eigenvalue weighted by molar-refractivity contribution is 0.101. The molecule has 2 rings (SSSR count). The highest BCUT2D eigenvalue weighted by molar-refractivity contribution is 6.08. The van der Waals surface area contributed by atoms with Crippen molar-refractivity contribution in [2.75, 3.05) is 5.32 Å². The van der Waals surface area contributed by atoms with Gasteiger partial charge in [0.2, 0.25) is 0 Å². The van der Waals surface area contributed by atoms with Crippen LogP contribution in [0.5, 0.6) is 0 Å². The molecule has 0 aliphatic heterocycles. The van der Waals surface area contributed by atoms with Crippen molar-refractivity contribution in [3.8, 4) is 0 Å². The van der Waals surface area contributed by atoms with Crippen LogP contribution in [0.2, 0.25) is 0 Å². The first-order chi connectivity index (χ1) is 9.93. The quantitative estimate of drug-likeness (QED) is 0.842. The highest BCUT2D eigenvalue weighted by atomic mass is 16.1. The van der Waals surface area contributed by atoms with Crippen molar-refractivity contribution in [3.05, 3.63) is 52.3 Å². The number of anilines is 1. The molecule has 0 aliphatic carbocycles. The van der Waals surface area contributed by atoms with Gasteiger partial charge in [0.1, 0.15) is 0 Å². The Balaban J connectivity index is 2.30. The molecule has 0 bridgehead atoms. The van der Waals surface area contributed by atoms with Crippen LogP contribution < -0.4 is 5.32 Å². The largest absolute Gasteiger partial charge is 0.355 e. The van der Waals surface area contributed by atoms with Crippen LogP contribution >= 0.6 is 0 Å². The Morgan fingerprint density at radius 1 is 1.24 bits per heavy atom. The van der Waals surface area contributed by atoms with E-state index in [4.69, 9.17) is 0 Å². The van der Waals surface area contributed by atoms with Crippen molar-refractivity contribution < 1.29 is 9.59 Å². The normalized spacial score (nSPS) is 10.5. The first-order valence-corrected chi connectivity index (χ1v) is 7.04. The minimum absolute atomic E-state index is 0.0670. The SMILES string of the molecule is CCc1cccc(NC(=O)c2c(C)[nH]c(C(C)=O)c2C)c1. The van der Waals surface area contributed by atoms with Crippen LogP contribution in [0.25, 0.3) is 0 Å². The summed E-state index contributed by atoms with van der Waals surface area (Å²) in [5.74, 6) is -0.260. The fraction of sp³-hybridized carbons (Fsp3) is 0.294. The molecule has 110 valence electrons. The van der Waals surface area contributed by atoms with Crippen molar-refractivity contribution in [2.24, 2.45) is 0 Å². The summed E-state index contributed by atoms with van der Waals surface area (Å²) in [6.07, 6.45) is 0.917. The minimum atomic E-state index is -0.193. The van der Waals surface area contributed by atoms with Gasteiger partial charge in [0.05, 0.1) is 11.3 Å². The predicted molar refractivity (Wildman–Crippen MR) is 84.0 cm³/mol. The molecule has 0 fully saturated rings. The third-order valence-corrected chi connectivity index (χ3v) is 3.61. The molecule has 1 amide bonds. The number of hydrogen-bond acceptors (Lipinski definition) is 2. The summed E-state index contributed by atoms with van der Waals surface area (Å²) in [5.41, 5.74) is 4.39. The molecule has 0 atom stereocenters. The van der Waals surface area contributed by atoms with E-state index in [2.05, 4.69) is 17.2 Å². The average molecular weight is 284 g/mol. The van der Waals surface area contributed by atoms with Crippen LogP contribution in [-0.2, 0) is 6.42 Å². The Labute approximate surface area is 124 Å². The fourth-order valence-corrected chi connectivity index (χ4v) is 2.51. The highest BCUT2D eigenvalue weighted by Gasteiger charge is 2.20. The van der Waals surface area contributed by atoms with Gasteiger partial charge in [0.25, 0.3) is 5.91 Å². The molecule has 1 aromatic heterocycles. The number of carbonyl (C=O) groups is 2. The van der Waals surface area contributed by atoms with E-state index in [0.717, 1.165) is 12.1 Å². The molecule has 0 aliphatic rings. The number of H-pyrrole nitrogens is 1. The number of benzene rings is 1. The van der Waals surface area contributed by atoms with Crippen LogP contribution in [0, 0.1) is 13.8 Å². The number of aromatic nitrogens is 1. The molecule has 2 aromatic rings. The van der Waals surface area contributed by atoms with Crippen molar-refractivity contribution >= 4 is 17.4 Å². The molecule has 4 nitrogen and oxygen atoms in total. The van der Waals surface area contributed by atoms with Crippen LogP contribution in [0.15, 0.2) is 24.3 Å². The lowest BCUT2D eigenvalue weighted by Crippen LogP contribution is -2.14. The van der Waals surface area contributed by atoms with Gasteiger partial charge in [0, 0.05) is 18.3 Å². The highest BCUT2D eigenvalue weighted by Crippen LogP contribution is 2.20. The summed E-state index contributed by atoms with van der Waals surface area (Å²) in [6, 6.07) is 7.77. The van der Waals surface area contributed by atoms with E-state index in [0.29, 0.717) is 22.5 Å². The molecule has 0 unspecified atom stereocenters. The van der Waals surface area contributed by atoms with Crippen molar-refractivity contribution in [2.45, 2.75) is 34.1 Å². The monoisotopic (exact) mass is 284 g/mol. The Morgan fingerprint density at radius 3 is 2.52 bits per heavy atom. The third-order valence-electron chi connectivity index (χ3n) is 3.61. The molecule has 1 aromatic carbocycles. The zero-order chi connectivity index (χ0) is 15.6. The van der Waals surface area contributed by atoms with Gasteiger partial charge >= 0.3 is 0 Å². The van der Waals surface area contributed by atoms with Crippen LogP contribution in [0.3, 0.4) is 0 Å². The van der Waals surface area contributed by atoms with Gasteiger partial charge in [-0.2, -0.15) is 0 Å². The Morgan fingerprint density at radius 2 is 1.95 bits per heavy atom. The van der Waals surface area contributed by atoms with Gasteiger partial charge in [-0.3, -0.25) is 9.59 Å². The fourth-order valence-electron chi connectivity index (χ4n) is 2.51. The van der Waals surface area contributed by atoms with E-state index in [1.54, 1.807) is 13.8 Å². The number of hydrogen-bond donors (Lipinski definition) is 2. The van der Waals surface area contributed by atoms with Gasteiger partial charge in [-0.15, -0.1) is 0 Å². The summed E-state index contributed by atoms with van der Waals surface area (Å²) in [4.78, 5) is 27.0. The number of aryl methyl sites for hydroxylation is 2. The summed E-state index contributed by atoms with van der Waals surface area (Å²) in [6.45, 7) is 7.15. The Hall–Kier alpha value is -2.36. The number of Topliss-reactive ketones (excluding diaryl/α,β-unsaturated/α-hetero) is 1. The van der Waals surface area contributed by atoms with Crippen molar-refractivity contribution in [1.82, 2.24) is 4.98 Å². The molecular weight excluding hydrogens is 264 g/mol. The van der Waals surface area contributed by atoms with Crippen LogP contribution in [-0.4, -0.2) is 16.7 Å². The second-order valence-electron chi connectivity index (χ2n) is 5.19. The van der Waals surface area contributed by atoms with Crippen LogP contribution in [0.1, 0.15) is 51.5 Å². The van der Waals surface area contributed by atoms with Gasteiger partial charge in [0.15, 0.2) is 5.78 Å². The molecular formula is C17H20N2O2. The molecule has 1 heterocycles. The molecule has 0 saturated heterocycles. The van der Waals surface area contributed by atoms with E-state index in [1.165, 1.54) is 12.5 Å². The lowest BCUT2D eigenvalue weighted by atomic mass is 10.1. The zero-order valence-electron chi connectivity index (χ0n) is 12.8. The summed E-state index contributed by atoms with van der Waals surface area (Å²) >= 11 is 0. The van der Waals surface area contributed by atoms with E-state index >= 15 is 0 Å². The predicted octanol–water partition coefficient (Wildman–Crippen LogP) is 3.65. The number of nitrogens with one attached hydrogen (secondary N) is 2. The minimum Gasteiger partial charge on any atom is -0.355 e. The van der Waals surface area contributed by atoms with E-state index in [1.807, 2.05) is 24.3 Å². The summed E-state index contributed by atoms with van der Waals surface area (Å²) < 4.78 is 0. The zero-order valence-corrected chi connectivity index (χ0v) is 12.8. The maximum Gasteiger partial charge on any atom is 0.257 e. The Kier molecular flexibility index (Phi) is 4.26. The first-order valence-electron chi connectivity index (χ1n) is 7.04. The van der Waals surface area contributed by atoms with Gasteiger partial charge < -0.3 is 10.3 Å². The molecule has 0 spiro atoms. The van der Waals surface area contributed by atoms with Gasteiger partial charge in [-0.1, -0.05) is 19.1 Å². The van der Waals surface area contributed by atoms with E-state index < -0.39 is 0 Å². The summed E-state index contributed by atoms with van der Waals surface area (Å²) in [5, 5.41) is 2.90. The van der Waals surface area contributed by atoms with Crippen molar-refractivity contribution in [3.63, 3.8) is 0 Å². The smallest absolute Gasteiger partial charge is 0.257 e. The molecule has 0 saturated carbocycles. The number of amides is 1. The number of rotatable bonds is 4. The number of carbonyl (C=O) groups excluding carboxylic acids is 2. The van der Waals surface area contributed by atoms with E-state index in [-0.39, 0.29) is 11.7 Å². The average Bonchev–Trinajstić information content (AvgIpc) is 2.74. The van der Waals surface area contributed by atoms with Crippen molar-refractivity contribution in [1.29, 1.82) is 0 Å². The Bertz CT molecular complexity index is 699. The van der Waals surface area contributed by atoms with Crippen LogP contribution in [0.4, 0.5) is 5.69 Å². The summed E-state index contributed by atoms with van der Waals surface area (Å²) in [7, 11) is 0.